The molecule has 1 aromatic carbocycles. The highest BCUT2D eigenvalue weighted by atomic mass is 15.3. The van der Waals surface area contributed by atoms with E-state index in [-0.39, 0.29) is 0 Å². The van der Waals surface area contributed by atoms with Crippen LogP contribution >= 0.6 is 0 Å². The van der Waals surface area contributed by atoms with Gasteiger partial charge >= 0.3 is 0 Å². The lowest BCUT2D eigenvalue weighted by Crippen LogP contribution is -2.52. The van der Waals surface area contributed by atoms with Crippen LogP contribution in [0.4, 0.5) is 17.3 Å². The number of nitrogens with two attached hydrogens (primary N) is 1. The van der Waals surface area contributed by atoms with Gasteiger partial charge in [-0.15, -0.1) is 0 Å². The molecule has 0 unspecified atom stereocenters. The van der Waals surface area contributed by atoms with Crippen LogP contribution in [-0.4, -0.2) is 108 Å². The summed E-state index contributed by atoms with van der Waals surface area (Å²) in [6, 6.07) is 10.0. The third-order valence-electron chi connectivity index (χ3n) is 9.25. The van der Waals surface area contributed by atoms with Crippen LogP contribution in [0.2, 0.25) is 0 Å². The molecule has 0 spiro atoms. The smallest absolute Gasteiger partial charge is 0.151 e. The van der Waals surface area contributed by atoms with Gasteiger partial charge in [0.2, 0.25) is 0 Å². The molecule has 3 aliphatic rings. The predicted octanol–water partition coefficient (Wildman–Crippen LogP) is 3.56. The van der Waals surface area contributed by atoms with E-state index in [0.29, 0.717) is 17.4 Å². The molecule has 0 aliphatic carbocycles. The number of rotatable bonds is 6. The summed E-state index contributed by atoms with van der Waals surface area (Å²) in [5.74, 6) is 1.32. The minimum atomic E-state index is 0.413. The van der Waals surface area contributed by atoms with Crippen molar-refractivity contribution in [3.8, 4) is 11.1 Å². The Bertz CT molecular complexity index is 1290. The fourth-order valence-corrected chi connectivity index (χ4v) is 6.54. The average molecular weight is 544 g/mol. The molecule has 3 aliphatic heterocycles. The summed E-state index contributed by atoms with van der Waals surface area (Å²) in [5.41, 5.74) is 12.1. The van der Waals surface area contributed by atoms with Crippen LogP contribution in [-0.2, 0) is 6.42 Å². The largest absolute Gasteiger partial charge is 0.382 e. The van der Waals surface area contributed by atoms with Gasteiger partial charge in [-0.1, -0.05) is 19.1 Å². The minimum absolute atomic E-state index is 0.413. The average Bonchev–Trinajstić information content (AvgIpc) is 2.99. The molecule has 3 saturated heterocycles. The summed E-state index contributed by atoms with van der Waals surface area (Å²) in [6.07, 6.45) is 7.34. The molecule has 0 radical (unpaired) electrons. The lowest BCUT2D eigenvalue weighted by molar-refractivity contribution is 0.0982. The topological polar surface area (TPSA) is 89.7 Å². The highest BCUT2D eigenvalue weighted by molar-refractivity contribution is 5.97. The Labute approximate surface area is 238 Å². The molecule has 3 N–H and O–H groups in total. The number of piperazine rings is 1. The standard InChI is InChI=1S/C31H45N9/c1-4-27-31(34-23-9-13-37(2)14-10-23)36-28-26(21-33-30(32)29(28)35-27)22-5-7-24(8-6-22)39-15-11-25(12-16-39)40-19-17-38(3)18-20-40/h5-8,21,23,25H,4,9-20H2,1-3H3,(H2,32,33)(H,34,36). The lowest BCUT2D eigenvalue weighted by atomic mass is 10.0. The second kappa shape index (κ2) is 11.8. The van der Waals surface area contributed by atoms with Gasteiger partial charge in [-0.05, 0) is 77.0 Å². The number of benzene rings is 1. The third kappa shape index (κ3) is 5.73. The van der Waals surface area contributed by atoms with E-state index >= 15 is 0 Å². The van der Waals surface area contributed by atoms with Crippen molar-refractivity contribution in [1.29, 1.82) is 0 Å². The Morgan fingerprint density at radius 1 is 0.825 bits per heavy atom. The van der Waals surface area contributed by atoms with Crippen LogP contribution in [0.1, 0.15) is 38.3 Å². The number of aryl methyl sites for hydroxylation is 1. The van der Waals surface area contributed by atoms with E-state index in [1.165, 1.54) is 44.7 Å². The van der Waals surface area contributed by atoms with E-state index in [0.717, 1.165) is 79.6 Å². The second-order valence-electron chi connectivity index (χ2n) is 12.0. The summed E-state index contributed by atoms with van der Waals surface area (Å²) in [6.45, 7) is 11.3. The number of anilines is 3. The number of likely N-dealkylation sites (tertiary alicyclic amines) is 1. The molecule has 3 fully saturated rings. The van der Waals surface area contributed by atoms with Gasteiger partial charge in [0.05, 0.1) is 5.69 Å². The second-order valence-corrected chi connectivity index (χ2v) is 12.0. The van der Waals surface area contributed by atoms with Crippen molar-refractivity contribution in [2.75, 3.05) is 82.4 Å². The van der Waals surface area contributed by atoms with Gasteiger partial charge in [-0.3, -0.25) is 4.90 Å². The van der Waals surface area contributed by atoms with E-state index < -0.39 is 0 Å². The van der Waals surface area contributed by atoms with Gasteiger partial charge < -0.3 is 25.8 Å². The molecule has 40 heavy (non-hydrogen) atoms. The van der Waals surface area contributed by atoms with Crippen LogP contribution in [0.3, 0.4) is 0 Å². The van der Waals surface area contributed by atoms with E-state index in [1.807, 2.05) is 6.20 Å². The summed E-state index contributed by atoms with van der Waals surface area (Å²) >= 11 is 0. The van der Waals surface area contributed by atoms with Crippen molar-refractivity contribution in [3.05, 3.63) is 36.2 Å². The Morgan fingerprint density at radius 3 is 2.17 bits per heavy atom. The summed E-state index contributed by atoms with van der Waals surface area (Å²) in [4.78, 5) is 24.7. The quantitative estimate of drug-likeness (QED) is 0.484. The van der Waals surface area contributed by atoms with Gasteiger partial charge in [0, 0.05) is 68.8 Å². The Morgan fingerprint density at radius 2 is 1.50 bits per heavy atom. The number of fused-ring (bicyclic) bond motifs is 1. The van der Waals surface area contributed by atoms with Crippen LogP contribution in [0.25, 0.3) is 22.2 Å². The zero-order valence-corrected chi connectivity index (χ0v) is 24.4. The maximum Gasteiger partial charge on any atom is 0.151 e. The monoisotopic (exact) mass is 543 g/mol. The molecule has 6 rings (SSSR count). The number of pyridine rings is 1. The first-order valence-electron chi connectivity index (χ1n) is 15.2. The lowest BCUT2D eigenvalue weighted by Gasteiger charge is -2.42. The Kier molecular flexibility index (Phi) is 8.05. The summed E-state index contributed by atoms with van der Waals surface area (Å²) in [5, 5.41) is 3.72. The SMILES string of the molecule is CCc1nc2c(N)ncc(-c3ccc(N4CCC(N5CCN(C)CC5)CC4)cc3)c2nc1NC1CCN(C)CC1. The molecule has 3 aromatic rings. The highest BCUT2D eigenvalue weighted by Crippen LogP contribution is 2.33. The number of piperidine rings is 2. The summed E-state index contributed by atoms with van der Waals surface area (Å²) in [7, 11) is 4.42. The molecule has 5 heterocycles. The number of aromatic nitrogens is 3. The predicted molar refractivity (Wildman–Crippen MR) is 165 cm³/mol. The maximum atomic E-state index is 6.32. The third-order valence-corrected chi connectivity index (χ3v) is 9.25. The van der Waals surface area contributed by atoms with Crippen LogP contribution in [0.5, 0.6) is 0 Å². The number of hydrogen-bond acceptors (Lipinski definition) is 9. The van der Waals surface area contributed by atoms with Crippen molar-refractivity contribution in [2.24, 2.45) is 0 Å². The number of hydrogen-bond donors (Lipinski definition) is 2. The van der Waals surface area contributed by atoms with Gasteiger partial charge in [0.25, 0.3) is 0 Å². The Hall–Kier alpha value is -3.01. The van der Waals surface area contributed by atoms with Crippen molar-refractivity contribution in [3.63, 3.8) is 0 Å². The first-order chi connectivity index (χ1) is 19.5. The molecule has 0 saturated carbocycles. The number of nitrogen functional groups attached to an aromatic ring is 1. The van der Waals surface area contributed by atoms with Gasteiger partial charge in [-0.2, -0.15) is 0 Å². The molecular weight excluding hydrogens is 498 g/mol. The summed E-state index contributed by atoms with van der Waals surface area (Å²) < 4.78 is 0. The van der Waals surface area contributed by atoms with E-state index in [4.69, 9.17) is 15.7 Å². The van der Waals surface area contributed by atoms with Crippen molar-refractivity contribution >= 4 is 28.4 Å². The highest BCUT2D eigenvalue weighted by Gasteiger charge is 2.27. The molecule has 9 heteroatoms. The van der Waals surface area contributed by atoms with Crippen molar-refractivity contribution in [1.82, 2.24) is 29.7 Å². The fraction of sp³-hybridized carbons (Fsp3) is 0.581. The van der Waals surface area contributed by atoms with E-state index in [1.54, 1.807) is 0 Å². The normalized spacial score (nSPS) is 20.8. The van der Waals surface area contributed by atoms with Crippen molar-refractivity contribution < 1.29 is 0 Å². The van der Waals surface area contributed by atoms with E-state index in [9.17, 15) is 0 Å². The fourth-order valence-electron chi connectivity index (χ4n) is 6.54. The van der Waals surface area contributed by atoms with Crippen LogP contribution in [0.15, 0.2) is 30.5 Å². The first-order valence-corrected chi connectivity index (χ1v) is 15.2. The maximum absolute atomic E-state index is 6.32. The van der Waals surface area contributed by atoms with Crippen molar-refractivity contribution in [2.45, 2.75) is 51.1 Å². The van der Waals surface area contributed by atoms with Crippen LogP contribution in [0, 0.1) is 0 Å². The first kappa shape index (κ1) is 27.2. The molecular formula is C31H45N9. The number of nitrogens with zero attached hydrogens (tertiary/aromatic N) is 7. The number of nitrogens with one attached hydrogen (secondary N) is 1. The molecule has 9 nitrogen and oxygen atoms in total. The molecule has 214 valence electrons. The van der Waals surface area contributed by atoms with Gasteiger partial charge in [-0.25, -0.2) is 15.0 Å². The van der Waals surface area contributed by atoms with Gasteiger partial charge in [0.15, 0.2) is 5.82 Å². The van der Waals surface area contributed by atoms with E-state index in [2.05, 4.69) is 75.2 Å². The minimum Gasteiger partial charge on any atom is -0.382 e. The molecule has 0 amide bonds. The van der Waals surface area contributed by atoms with Crippen LogP contribution < -0.4 is 16.0 Å². The molecule has 2 aromatic heterocycles. The Balaban J connectivity index is 1.20. The number of likely N-dealkylation sites (N-methyl/N-ethyl adjacent to an activating group) is 1. The molecule has 0 atom stereocenters. The van der Waals surface area contributed by atoms with Gasteiger partial charge in [0.1, 0.15) is 16.9 Å². The molecule has 0 bridgehead atoms. The zero-order chi connectivity index (χ0) is 27.6. The zero-order valence-electron chi connectivity index (χ0n) is 24.4.